The average molecular weight is 255 g/mol. The minimum atomic E-state index is -0.801. The summed E-state index contributed by atoms with van der Waals surface area (Å²) in [6.07, 6.45) is 3.94. The van der Waals surface area contributed by atoms with Crippen LogP contribution < -0.4 is 0 Å². The van der Waals surface area contributed by atoms with Crippen LogP contribution in [0.15, 0.2) is 30.3 Å². The number of alkyl halides is 1. The number of carbonyl (C=O) groups is 1. The average Bonchev–Trinajstić information content (AvgIpc) is 2.16. The molecule has 1 N–H and O–H groups in total. The molecule has 0 radical (unpaired) electrons. The normalized spacial score (nSPS) is 10.6. The number of allylic oxidation sites excluding steroid dienone is 1. The third-order valence-electron chi connectivity index (χ3n) is 1.78. The molecule has 0 saturated heterocycles. The Morgan fingerprint density at radius 3 is 2.79 bits per heavy atom. The Balaban J connectivity index is 2.90. The SMILES string of the molecule is O=C(O)Cc1ccccc1C=CCBr. The van der Waals surface area contributed by atoms with E-state index in [2.05, 4.69) is 15.9 Å². The van der Waals surface area contributed by atoms with Crippen LogP contribution >= 0.6 is 15.9 Å². The van der Waals surface area contributed by atoms with Crippen LogP contribution in [0, 0.1) is 0 Å². The lowest BCUT2D eigenvalue weighted by atomic mass is 10.0. The van der Waals surface area contributed by atoms with Crippen LogP contribution in [0.4, 0.5) is 0 Å². The highest BCUT2D eigenvalue weighted by Gasteiger charge is 2.03. The molecule has 0 atom stereocenters. The standard InChI is InChI=1S/C11H11BrO2/c12-7-3-6-9-4-1-2-5-10(9)8-11(13)14/h1-6H,7-8H2,(H,13,14). The maximum atomic E-state index is 10.6. The Kier molecular flexibility index (Phi) is 4.40. The minimum absolute atomic E-state index is 0.0722. The quantitative estimate of drug-likeness (QED) is 0.840. The highest BCUT2D eigenvalue weighted by molar-refractivity contribution is 9.09. The highest BCUT2D eigenvalue weighted by Crippen LogP contribution is 2.11. The molecule has 0 aliphatic rings. The van der Waals surface area contributed by atoms with Crippen molar-refractivity contribution in [2.24, 2.45) is 0 Å². The van der Waals surface area contributed by atoms with Gasteiger partial charge in [-0.3, -0.25) is 4.79 Å². The van der Waals surface area contributed by atoms with E-state index in [0.29, 0.717) is 0 Å². The third kappa shape index (κ3) is 3.34. The van der Waals surface area contributed by atoms with Crippen molar-refractivity contribution in [3.63, 3.8) is 0 Å². The van der Waals surface area contributed by atoms with E-state index in [1.54, 1.807) is 0 Å². The van der Waals surface area contributed by atoms with Crippen LogP contribution in [0.2, 0.25) is 0 Å². The lowest BCUT2D eigenvalue weighted by Crippen LogP contribution is -2.01. The zero-order valence-corrected chi connectivity index (χ0v) is 9.20. The minimum Gasteiger partial charge on any atom is -0.481 e. The molecule has 0 fully saturated rings. The molecule has 0 saturated carbocycles. The smallest absolute Gasteiger partial charge is 0.307 e. The Labute approximate surface area is 91.4 Å². The summed E-state index contributed by atoms with van der Waals surface area (Å²) >= 11 is 3.28. The van der Waals surface area contributed by atoms with Gasteiger partial charge >= 0.3 is 5.97 Å². The number of hydrogen-bond donors (Lipinski definition) is 1. The van der Waals surface area contributed by atoms with Gasteiger partial charge in [0, 0.05) is 5.33 Å². The molecule has 3 heteroatoms. The molecule has 14 heavy (non-hydrogen) atoms. The number of benzene rings is 1. The van der Waals surface area contributed by atoms with Crippen LogP contribution in [0.25, 0.3) is 6.08 Å². The molecule has 0 aliphatic heterocycles. The summed E-state index contributed by atoms with van der Waals surface area (Å²) in [6, 6.07) is 7.50. The zero-order chi connectivity index (χ0) is 10.4. The summed E-state index contributed by atoms with van der Waals surface area (Å²) in [5.41, 5.74) is 1.81. The van der Waals surface area contributed by atoms with Gasteiger partial charge in [-0.1, -0.05) is 52.3 Å². The van der Waals surface area contributed by atoms with Crippen LogP contribution in [-0.2, 0) is 11.2 Å². The van der Waals surface area contributed by atoms with E-state index in [0.717, 1.165) is 16.5 Å². The fourth-order valence-electron chi connectivity index (χ4n) is 1.19. The molecule has 0 spiro atoms. The van der Waals surface area contributed by atoms with Gasteiger partial charge in [0.25, 0.3) is 0 Å². The van der Waals surface area contributed by atoms with Gasteiger partial charge < -0.3 is 5.11 Å². The van der Waals surface area contributed by atoms with Gasteiger partial charge in [0.2, 0.25) is 0 Å². The van der Waals surface area contributed by atoms with Crippen molar-refractivity contribution in [3.8, 4) is 0 Å². The molecular weight excluding hydrogens is 244 g/mol. The lowest BCUT2D eigenvalue weighted by Gasteiger charge is -2.01. The summed E-state index contributed by atoms with van der Waals surface area (Å²) in [5.74, 6) is -0.801. The van der Waals surface area contributed by atoms with Gasteiger partial charge in [-0.05, 0) is 11.1 Å². The fourth-order valence-corrected chi connectivity index (χ4v) is 1.38. The number of aliphatic carboxylic acids is 1. The Hall–Kier alpha value is -1.09. The first kappa shape index (κ1) is 11.0. The van der Waals surface area contributed by atoms with E-state index < -0.39 is 5.97 Å². The third-order valence-corrected chi connectivity index (χ3v) is 2.16. The van der Waals surface area contributed by atoms with Crippen LogP contribution in [-0.4, -0.2) is 16.4 Å². The van der Waals surface area contributed by atoms with E-state index in [9.17, 15) is 4.79 Å². The Bertz CT molecular complexity index is 345. The van der Waals surface area contributed by atoms with Gasteiger partial charge in [0.1, 0.15) is 0 Å². The van der Waals surface area contributed by atoms with Gasteiger partial charge in [0.15, 0.2) is 0 Å². The molecule has 1 rings (SSSR count). The Morgan fingerprint density at radius 1 is 1.43 bits per heavy atom. The van der Waals surface area contributed by atoms with E-state index >= 15 is 0 Å². The van der Waals surface area contributed by atoms with Crippen molar-refractivity contribution in [2.45, 2.75) is 6.42 Å². The zero-order valence-electron chi connectivity index (χ0n) is 7.61. The van der Waals surface area contributed by atoms with Gasteiger partial charge in [-0.2, -0.15) is 0 Å². The van der Waals surface area contributed by atoms with Crippen LogP contribution in [0.3, 0.4) is 0 Å². The second kappa shape index (κ2) is 5.60. The first-order chi connectivity index (χ1) is 6.74. The molecule has 0 amide bonds. The fraction of sp³-hybridized carbons (Fsp3) is 0.182. The predicted octanol–water partition coefficient (Wildman–Crippen LogP) is 2.72. The summed E-state index contributed by atoms with van der Waals surface area (Å²) in [5, 5.41) is 9.46. The van der Waals surface area contributed by atoms with Crippen molar-refractivity contribution in [2.75, 3.05) is 5.33 Å². The molecule has 0 aliphatic carbocycles. The largest absolute Gasteiger partial charge is 0.481 e. The lowest BCUT2D eigenvalue weighted by molar-refractivity contribution is -0.136. The first-order valence-electron chi connectivity index (χ1n) is 4.26. The molecule has 1 aromatic rings. The maximum absolute atomic E-state index is 10.6. The van der Waals surface area contributed by atoms with Gasteiger partial charge in [-0.15, -0.1) is 0 Å². The molecule has 2 nitrogen and oxygen atoms in total. The number of rotatable bonds is 4. The summed E-state index contributed by atoms with van der Waals surface area (Å²) < 4.78 is 0. The predicted molar refractivity (Wildman–Crippen MR) is 60.6 cm³/mol. The highest BCUT2D eigenvalue weighted by atomic mass is 79.9. The van der Waals surface area contributed by atoms with Crippen molar-refractivity contribution in [1.29, 1.82) is 0 Å². The number of halogens is 1. The monoisotopic (exact) mass is 254 g/mol. The van der Waals surface area contributed by atoms with Gasteiger partial charge in [0.05, 0.1) is 6.42 Å². The molecule has 0 aromatic heterocycles. The number of hydrogen-bond acceptors (Lipinski definition) is 1. The van der Waals surface area contributed by atoms with Crippen molar-refractivity contribution in [1.82, 2.24) is 0 Å². The molecule has 0 unspecified atom stereocenters. The molecule has 0 bridgehead atoms. The second-order valence-corrected chi connectivity index (χ2v) is 3.47. The molecular formula is C11H11BrO2. The van der Waals surface area contributed by atoms with Crippen LogP contribution in [0.1, 0.15) is 11.1 Å². The first-order valence-corrected chi connectivity index (χ1v) is 5.38. The number of carboxylic acids is 1. The van der Waals surface area contributed by atoms with Crippen molar-refractivity contribution >= 4 is 28.0 Å². The topological polar surface area (TPSA) is 37.3 Å². The van der Waals surface area contributed by atoms with Crippen molar-refractivity contribution < 1.29 is 9.90 Å². The molecule has 0 heterocycles. The van der Waals surface area contributed by atoms with Crippen molar-refractivity contribution in [3.05, 3.63) is 41.5 Å². The molecule has 74 valence electrons. The van der Waals surface area contributed by atoms with Gasteiger partial charge in [-0.25, -0.2) is 0 Å². The second-order valence-electron chi connectivity index (χ2n) is 2.83. The Morgan fingerprint density at radius 2 is 2.14 bits per heavy atom. The maximum Gasteiger partial charge on any atom is 0.307 e. The van der Waals surface area contributed by atoms with E-state index in [4.69, 9.17) is 5.11 Å². The van der Waals surface area contributed by atoms with E-state index in [1.165, 1.54) is 0 Å². The summed E-state index contributed by atoms with van der Waals surface area (Å²) in [7, 11) is 0. The van der Waals surface area contributed by atoms with E-state index in [-0.39, 0.29) is 6.42 Å². The summed E-state index contributed by atoms with van der Waals surface area (Å²) in [6.45, 7) is 0. The summed E-state index contributed by atoms with van der Waals surface area (Å²) in [4.78, 5) is 10.6. The molecule has 1 aromatic carbocycles. The number of carboxylic acid groups (broad SMARTS) is 1. The van der Waals surface area contributed by atoms with E-state index in [1.807, 2.05) is 36.4 Å². The van der Waals surface area contributed by atoms with Crippen LogP contribution in [0.5, 0.6) is 0 Å².